The zero-order chi connectivity index (χ0) is 15.0. The van der Waals surface area contributed by atoms with Gasteiger partial charge in [0.2, 0.25) is 0 Å². The van der Waals surface area contributed by atoms with Crippen LogP contribution >= 0.6 is 0 Å². The second-order valence-corrected chi connectivity index (χ2v) is 4.16. The van der Waals surface area contributed by atoms with Crippen molar-refractivity contribution in [3.8, 4) is 11.8 Å². The molecule has 2 aromatic rings. The zero-order valence-electron chi connectivity index (χ0n) is 10.6. The Morgan fingerprint density at radius 2 is 1.90 bits per heavy atom. The van der Waals surface area contributed by atoms with Crippen molar-refractivity contribution in [2.24, 2.45) is 0 Å². The predicted molar refractivity (Wildman–Crippen MR) is 64.6 cm³/mol. The van der Waals surface area contributed by atoms with Crippen molar-refractivity contribution in [1.82, 2.24) is 9.78 Å². The fourth-order valence-corrected chi connectivity index (χ4v) is 2.00. The molecule has 1 heterocycles. The lowest BCUT2D eigenvalue weighted by Crippen LogP contribution is -2.07. The summed E-state index contributed by atoms with van der Waals surface area (Å²) in [5, 5.41) is 21.5. The Balaban J connectivity index is 2.74. The molecular weight excluding hydrogens is 268 g/mol. The van der Waals surface area contributed by atoms with Crippen LogP contribution < -0.4 is 0 Å². The van der Waals surface area contributed by atoms with Gasteiger partial charge in [-0.1, -0.05) is 0 Å². The van der Waals surface area contributed by atoms with Crippen molar-refractivity contribution < 1.29 is 18.7 Å². The van der Waals surface area contributed by atoms with E-state index in [4.69, 9.17) is 10.4 Å². The molecule has 102 valence electrons. The molecule has 20 heavy (non-hydrogen) atoms. The van der Waals surface area contributed by atoms with E-state index >= 15 is 0 Å². The van der Waals surface area contributed by atoms with Crippen LogP contribution in [-0.2, 0) is 0 Å². The SMILES string of the molecule is Cc1nn(-c2c(F)cc(C#N)cc2F)c(C)c1C(=O)O. The third kappa shape index (κ3) is 2.01. The fraction of sp³-hybridized carbons (Fsp3) is 0.154. The van der Waals surface area contributed by atoms with Gasteiger partial charge in [-0.2, -0.15) is 10.4 Å². The monoisotopic (exact) mass is 277 g/mol. The van der Waals surface area contributed by atoms with Crippen molar-refractivity contribution in [1.29, 1.82) is 5.26 Å². The van der Waals surface area contributed by atoms with Crippen LogP contribution in [0.4, 0.5) is 8.78 Å². The van der Waals surface area contributed by atoms with E-state index in [1.54, 1.807) is 6.07 Å². The number of carboxylic acids is 1. The quantitative estimate of drug-likeness (QED) is 0.913. The summed E-state index contributed by atoms with van der Waals surface area (Å²) in [6.07, 6.45) is 0. The Hall–Kier alpha value is -2.75. The molecule has 2 rings (SSSR count). The summed E-state index contributed by atoms with van der Waals surface area (Å²) < 4.78 is 28.7. The molecule has 0 saturated carbocycles. The molecular formula is C13H9F2N3O2. The Labute approximate surface area is 112 Å². The normalized spacial score (nSPS) is 10.3. The minimum absolute atomic E-state index is 0.104. The number of rotatable bonds is 2. The highest BCUT2D eigenvalue weighted by molar-refractivity contribution is 5.90. The van der Waals surface area contributed by atoms with Crippen LogP contribution in [0.5, 0.6) is 0 Å². The molecule has 1 aromatic heterocycles. The van der Waals surface area contributed by atoms with Gasteiger partial charge in [0.15, 0.2) is 11.6 Å². The zero-order valence-corrected chi connectivity index (χ0v) is 10.6. The third-order valence-electron chi connectivity index (χ3n) is 2.86. The summed E-state index contributed by atoms with van der Waals surface area (Å²) in [4.78, 5) is 11.1. The number of hydrogen-bond donors (Lipinski definition) is 1. The van der Waals surface area contributed by atoms with E-state index in [2.05, 4.69) is 5.10 Å². The summed E-state index contributed by atoms with van der Waals surface area (Å²) in [6, 6.07) is 3.37. The van der Waals surface area contributed by atoms with Gasteiger partial charge >= 0.3 is 5.97 Å². The Bertz CT molecular complexity index is 737. The molecule has 0 bridgehead atoms. The number of nitrogens with zero attached hydrogens (tertiary/aromatic N) is 3. The Morgan fingerprint density at radius 1 is 1.35 bits per heavy atom. The Morgan fingerprint density at radius 3 is 2.30 bits per heavy atom. The van der Waals surface area contributed by atoms with Gasteiger partial charge in [0.1, 0.15) is 11.3 Å². The number of aromatic nitrogens is 2. The summed E-state index contributed by atoms with van der Waals surface area (Å²) in [6.45, 7) is 2.84. The van der Waals surface area contributed by atoms with Crippen molar-refractivity contribution in [2.45, 2.75) is 13.8 Å². The molecule has 0 aliphatic heterocycles. The number of aryl methyl sites for hydroxylation is 1. The first-order valence-electron chi connectivity index (χ1n) is 5.55. The van der Waals surface area contributed by atoms with Gasteiger partial charge in [0, 0.05) is 0 Å². The van der Waals surface area contributed by atoms with Crippen LogP contribution in [-0.4, -0.2) is 20.9 Å². The smallest absolute Gasteiger partial charge is 0.339 e. The van der Waals surface area contributed by atoms with Crippen LogP contribution in [0.15, 0.2) is 12.1 Å². The van der Waals surface area contributed by atoms with Gasteiger partial charge in [-0.05, 0) is 26.0 Å². The summed E-state index contributed by atoms with van der Waals surface area (Å²) in [5.74, 6) is -3.19. The van der Waals surface area contributed by atoms with Crippen molar-refractivity contribution in [3.05, 3.63) is 46.3 Å². The average molecular weight is 277 g/mol. The summed E-state index contributed by atoms with van der Waals surface area (Å²) in [7, 11) is 0. The molecule has 0 aliphatic rings. The van der Waals surface area contributed by atoms with Crippen molar-refractivity contribution in [2.75, 3.05) is 0 Å². The van der Waals surface area contributed by atoms with E-state index in [1.165, 1.54) is 13.8 Å². The lowest BCUT2D eigenvalue weighted by molar-refractivity contribution is 0.0695. The molecule has 1 aromatic carbocycles. The minimum atomic E-state index is -1.22. The van der Waals surface area contributed by atoms with Crippen LogP contribution in [0.1, 0.15) is 27.3 Å². The summed E-state index contributed by atoms with van der Waals surface area (Å²) >= 11 is 0. The van der Waals surface area contributed by atoms with E-state index in [-0.39, 0.29) is 22.5 Å². The molecule has 0 amide bonds. The van der Waals surface area contributed by atoms with Gasteiger partial charge in [0.05, 0.1) is 23.0 Å². The largest absolute Gasteiger partial charge is 0.478 e. The van der Waals surface area contributed by atoms with Gasteiger partial charge in [-0.15, -0.1) is 0 Å². The third-order valence-corrected chi connectivity index (χ3v) is 2.86. The van der Waals surface area contributed by atoms with Crippen LogP contribution in [0, 0.1) is 36.8 Å². The van der Waals surface area contributed by atoms with Gasteiger partial charge < -0.3 is 5.11 Å². The number of carboxylic acid groups (broad SMARTS) is 1. The van der Waals surface area contributed by atoms with Gasteiger partial charge in [-0.3, -0.25) is 0 Å². The van der Waals surface area contributed by atoms with E-state index in [1.807, 2.05) is 0 Å². The molecule has 0 aliphatic carbocycles. The van der Waals surface area contributed by atoms with E-state index in [9.17, 15) is 13.6 Å². The first kappa shape index (κ1) is 13.7. The lowest BCUT2D eigenvalue weighted by Gasteiger charge is -2.07. The number of hydrogen-bond acceptors (Lipinski definition) is 3. The van der Waals surface area contributed by atoms with Crippen LogP contribution in [0.2, 0.25) is 0 Å². The molecule has 5 nitrogen and oxygen atoms in total. The molecule has 0 saturated heterocycles. The molecule has 0 radical (unpaired) electrons. The summed E-state index contributed by atoms with van der Waals surface area (Å²) in [5.41, 5.74) is -0.510. The number of carbonyl (C=O) groups is 1. The first-order valence-corrected chi connectivity index (χ1v) is 5.55. The predicted octanol–water partition coefficient (Wildman–Crippen LogP) is 2.34. The molecule has 0 atom stereocenters. The number of aromatic carboxylic acids is 1. The van der Waals surface area contributed by atoms with Gasteiger partial charge in [0.25, 0.3) is 0 Å². The maximum atomic E-state index is 13.9. The van der Waals surface area contributed by atoms with Crippen LogP contribution in [0.25, 0.3) is 5.69 Å². The topological polar surface area (TPSA) is 78.9 Å². The van der Waals surface area contributed by atoms with Crippen molar-refractivity contribution >= 4 is 5.97 Å². The van der Waals surface area contributed by atoms with Crippen LogP contribution in [0.3, 0.4) is 0 Å². The fourth-order valence-electron chi connectivity index (χ4n) is 2.00. The molecule has 1 N–H and O–H groups in total. The van der Waals surface area contributed by atoms with E-state index in [0.717, 1.165) is 16.8 Å². The van der Waals surface area contributed by atoms with Gasteiger partial charge in [-0.25, -0.2) is 18.3 Å². The second-order valence-electron chi connectivity index (χ2n) is 4.16. The first-order chi connectivity index (χ1) is 9.36. The minimum Gasteiger partial charge on any atom is -0.478 e. The highest BCUT2D eigenvalue weighted by Gasteiger charge is 2.22. The van der Waals surface area contributed by atoms with E-state index in [0.29, 0.717) is 0 Å². The average Bonchev–Trinajstić information content (AvgIpc) is 2.63. The maximum absolute atomic E-state index is 13.9. The maximum Gasteiger partial charge on any atom is 0.339 e. The number of nitriles is 1. The molecule has 7 heteroatoms. The number of benzene rings is 1. The van der Waals surface area contributed by atoms with Crippen molar-refractivity contribution in [3.63, 3.8) is 0 Å². The second kappa shape index (κ2) is 4.74. The standard InChI is InChI=1S/C13H9F2N3O2/c1-6-11(13(19)20)7(2)18(17-6)12-9(14)3-8(5-16)4-10(12)15/h3-4H,1-2H3,(H,19,20). The highest BCUT2D eigenvalue weighted by atomic mass is 19.1. The van der Waals surface area contributed by atoms with E-state index < -0.39 is 23.3 Å². The number of halogens is 2. The molecule has 0 fully saturated rings. The highest BCUT2D eigenvalue weighted by Crippen LogP contribution is 2.23. The molecule has 0 unspecified atom stereocenters. The molecule has 0 spiro atoms. The lowest BCUT2D eigenvalue weighted by atomic mass is 10.2. The Kier molecular flexibility index (Phi) is 3.24.